The van der Waals surface area contributed by atoms with E-state index in [0.29, 0.717) is 0 Å². The molecule has 0 heterocycles. The average molecular weight is 331 g/mol. The highest BCUT2D eigenvalue weighted by Gasteiger charge is 2.40. The Bertz CT molecular complexity index is 532. The molecule has 124 valence electrons. The van der Waals surface area contributed by atoms with Crippen LogP contribution in [0.5, 0.6) is 0 Å². The van der Waals surface area contributed by atoms with Gasteiger partial charge in [0.15, 0.2) is 0 Å². The Hall–Kier alpha value is -1.80. The summed E-state index contributed by atoms with van der Waals surface area (Å²) in [6.45, 7) is 1.19. The van der Waals surface area contributed by atoms with E-state index in [2.05, 4.69) is 0 Å². The molecular formula is C13H12F7NO. The van der Waals surface area contributed by atoms with Crippen LogP contribution in [0.25, 0.3) is 0 Å². The number of hydrogen-bond acceptors (Lipinski definition) is 1. The van der Waals surface area contributed by atoms with Gasteiger partial charge in [-0.1, -0.05) is 6.92 Å². The van der Waals surface area contributed by atoms with Gasteiger partial charge in [0.1, 0.15) is 5.67 Å². The first-order chi connectivity index (χ1) is 9.79. The van der Waals surface area contributed by atoms with Crippen molar-refractivity contribution in [3.05, 3.63) is 34.9 Å². The smallest absolute Gasteiger partial charge is 0.370 e. The third-order valence-corrected chi connectivity index (χ3v) is 3.12. The number of primary amides is 1. The number of benzene rings is 1. The molecule has 2 nitrogen and oxygen atoms in total. The van der Waals surface area contributed by atoms with E-state index in [-0.39, 0.29) is 18.2 Å². The van der Waals surface area contributed by atoms with E-state index in [9.17, 15) is 35.5 Å². The van der Waals surface area contributed by atoms with E-state index in [1.807, 2.05) is 0 Å². The topological polar surface area (TPSA) is 43.1 Å². The molecule has 0 saturated carbocycles. The van der Waals surface area contributed by atoms with Crippen LogP contribution in [0.2, 0.25) is 0 Å². The molecule has 9 heteroatoms. The summed E-state index contributed by atoms with van der Waals surface area (Å²) in [5, 5.41) is 0. The Morgan fingerprint density at radius 1 is 0.909 bits per heavy atom. The predicted molar refractivity (Wildman–Crippen MR) is 63.3 cm³/mol. The van der Waals surface area contributed by atoms with E-state index in [0.717, 1.165) is 0 Å². The summed E-state index contributed by atoms with van der Waals surface area (Å²) in [6, 6.07) is 0.424. The summed E-state index contributed by atoms with van der Waals surface area (Å²) < 4.78 is 90.9. The van der Waals surface area contributed by atoms with E-state index in [1.165, 1.54) is 6.92 Å². The van der Waals surface area contributed by atoms with Gasteiger partial charge in [0.2, 0.25) is 5.91 Å². The number of rotatable bonds is 4. The predicted octanol–water partition coefficient (Wildman–Crippen LogP) is 4.17. The van der Waals surface area contributed by atoms with Crippen LogP contribution in [0, 0.1) is 0 Å². The van der Waals surface area contributed by atoms with Gasteiger partial charge in [0.05, 0.1) is 17.5 Å². The van der Waals surface area contributed by atoms with Crippen molar-refractivity contribution in [2.75, 3.05) is 0 Å². The van der Waals surface area contributed by atoms with Crippen LogP contribution in [0.15, 0.2) is 18.2 Å². The highest BCUT2D eigenvalue weighted by Crippen LogP contribution is 2.41. The Kier molecular flexibility index (Phi) is 4.79. The fourth-order valence-corrected chi connectivity index (χ4v) is 1.92. The second-order valence-corrected chi connectivity index (χ2v) is 4.76. The van der Waals surface area contributed by atoms with Gasteiger partial charge >= 0.3 is 12.4 Å². The molecule has 0 aliphatic heterocycles. The lowest BCUT2D eigenvalue weighted by atomic mass is 9.87. The maximum atomic E-state index is 14.6. The monoisotopic (exact) mass is 331 g/mol. The molecule has 0 radical (unpaired) electrons. The van der Waals surface area contributed by atoms with Crippen LogP contribution in [0.4, 0.5) is 30.7 Å². The number of hydrogen-bond donors (Lipinski definition) is 1. The highest BCUT2D eigenvalue weighted by atomic mass is 19.4. The highest BCUT2D eigenvalue weighted by molar-refractivity contribution is 5.75. The Morgan fingerprint density at radius 3 is 1.55 bits per heavy atom. The molecule has 22 heavy (non-hydrogen) atoms. The first-order valence-electron chi connectivity index (χ1n) is 6.07. The molecule has 0 aliphatic carbocycles. The fourth-order valence-electron chi connectivity index (χ4n) is 1.92. The molecule has 0 bridgehead atoms. The van der Waals surface area contributed by atoms with Crippen LogP contribution in [-0.4, -0.2) is 5.91 Å². The van der Waals surface area contributed by atoms with Crippen molar-refractivity contribution < 1.29 is 35.5 Å². The first kappa shape index (κ1) is 18.2. The Labute approximate surface area is 121 Å². The Balaban J connectivity index is 3.56. The van der Waals surface area contributed by atoms with Crippen molar-refractivity contribution in [3.63, 3.8) is 0 Å². The van der Waals surface area contributed by atoms with Crippen LogP contribution in [0.3, 0.4) is 0 Å². The third kappa shape index (κ3) is 4.11. The SMILES string of the molecule is CCC(F)(CC(N)=O)c1cc(C(F)(F)F)cc(C(F)(F)F)c1. The minimum absolute atomic E-state index is 0.107. The number of carbonyl (C=O) groups excluding carboxylic acids is 1. The second kappa shape index (κ2) is 5.77. The summed E-state index contributed by atoms with van der Waals surface area (Å²) >= 11 is 0. The summed E-state index contributed by atoms with van der Waals surface area (Å²) in [7, 11) is 0. The number of carbonyl (C=O) groups is 1. The lowest BCUT2D eigenvalue weighted by molar-refractivity contribution is -0.143. The van der Waals surface area contributed by atoms with Crippen molar-refractivity contribution in [2.45, 2.75) is 37.8 Å². The number of nitrogens with two attached hydrogens (primary N) is 1. The number of amides is 1. The Morgan fingerprint density at radius 2 is 1.27 bits per heavy atom. The maximum Gasteiger partial charge on any atom is 0.416 e. The minimum Gasteiger partial charge on any atom is -0.370 e. The quantitative estimate of drug-likeness (QED) is 0.827. The lowest BCUT2D eigenvalue weighted by Gasteiger charge is -2.25. The third-order valence-electron chi connectivity index (χ3n) is 3.12. The van der Waals surface area contributed by atoms with Crippen LogP contribution in [0.1, 0.15) is 36.5 Å². The zero-order valence-electron chi connectivity index (χ0n) is 11.3. The van der Waals surface area contributed by atoms with Gasteiger partial charge in [-0.15, -0.1) is 0 Å². The largest absolute Gasteiger partial charge is 0.416 e. The molecule has 1 rings (SSSR count). The van der Waals surface area contributed by atoms with Crippen molar-refractivity contribution in [1.29, 1.82) is 0 Å². The number of halogens is 7. The summed E-state index contributed by atoms with van der Waals surface area (Å²) in [5.41, 5.74) is -2.05. The molecule has 1 aromatic carbocycles. The molecule has 0 aliphatic rings. The maximum absolute atomic E-state index is 14.6. The molecular weight excluding hydrogens is 319 g/mol. The van der Waals surface area contributed by atoms with E-state index in [4.69, 9.17) is 5.73 Å². The standard InChI is InChI=1S/C13H12F7NO/c1-2-11(14,6-10(21)22)7-3-8(12(15,16)17)5-9(4-7)13(18,19)20/h3-5H,2,6H2,1H3,(H2,21,22). The van der Waals surface area contributed by atoms with Crippen LogP contribution in [-0.2, 0) is 22.8 Å². The molecule has 2 N–H and O–H groups in total. The summed E-state index contributed by atoms with van der Waals surface area (Å²) in [5.74, 6) is -1.17. The van der Waals surface area contributed by atoms with E-state index in [1.54, 1.807) is 0 Å². The average Bonchev–Trinajstić information content (AvgIpc) is 2.35. The zero-order valence-corrected chi connectivity index (χ0v) is 11.3. The van der Waals surface area contributed by atoms with Crippen molar-refractivity contribution >= 4 is 5.91 Å². The van der Waals surface area contributed by atoms with Crippen molar-refractivity contribution in [3.8, 4) is 0 Å². The van der Waals surface area contributed by atoms with Gasteiger partial charge in [0, 0.05) is 0 Å². The summed E-state index contributed by atoms with van der Waals surface area (Å²) in [6.07, 6.45) is -11.7. The van der Waals surface area contributed by atoms with Crippen molar-refractivity contribution in [1.82, 2.24) is 0 Å². The van der Waals surface area contributed by atoms with Gasteiger partial charge in [-0.2, -0.15) is 26.3 Å². The minimum atomic E-state index is -5.09. The van der Waals surface area contributed by atoms with Gasteiger partial charge in [0.25, 0.3) is 0 Å². The van der Waals surface area contributed by atoms with Crippen LogP contribution >= 0.6 is 0 Å². The van der Waals surface area contributed by atoms with E-state index < -0.39 is 53.5 Å². The lowest BCUT2D eigenvalue weighted by Crippen LogP contribution is -2.28. The molecule has 0 aromatic heterocycles. The van der Waals surface area contributed by atoms with Gasteiger partial charge in [-0.3, -0.25) is 4.79 Å². The molecule has 0 saturated heterocycles. The fraction of sp³-hybridized carbons (Fsp3) is 0.462. The van der Waals surface area contributed by atoms with E-state index >= 15 is 0 Å². The summed E-state index contributed by atoms with van der Waals surface area (Å²) in [4.78, 5) is 10.8. The van der Waals surface area contributed by atoms with Gasteiger partial charge < -0.3 is 5.73 Å². The molecule has 1 aromatic rings. The number of alkyl halides is 7. The van der Waals surface area contributed by atoms with Crippen LogP contribution < -0.4 is 5.73 Å². The molecule has 1 unspecified atom stereocenters. The normalized spacial score (nSPS) is 15.5. The molecule has 0 fully saturated rings. The van der Waals surface area contributed by atoms with Crippen molar-refractivity contribution in [2.24, 2.45) is 5.73 Å². The molecule has 1 amide bonds. The van der Waals surface area contributed by atoms with Gasteiger partial charge in [-0.25, -0.2) is 4.39 Å². The second-order valence-electron chi connectivity index (χ2n) is 4.76. The molecule has 1 atom stereocenters. The zero-order chi connectivity index (χ0) is 17.3. The molecule has 0 spiro atoms. The van der Waals surface area contributed by atoms with Gasteiger partial charge in [-0.05, 0) is 30.2 Å². The first-order valence-corrected chi connectivity index (χ1v) is 6.07.